The maximum absolute atomic E-state index is 6.30. The van der Waals surface area contributed by atoms with Gasteiger partial charge in [-0.3, -0.25) is 4.90 Å². The fourth-order valence-electron chi connectivity index (χ4n) is 2.45. The van der Waals surface area contributed by atoms with Crippen LogP contribution < -0.4 is 5.73 Å². The van der Waals surface area contributed by atoms with Crippen molar-refractivity contribution in [3.8, 4) is 0 Å². The summed E-state index contributed by atoms with van der Waals surface area (Å²) in [5.41, 5.74) is 7.16. The van der Waals surface area contributed by atoms with Crippen molar-refractivity contribution in [2.75, 3.05) is 26.2 Å². The van der Waals surface area contributed by atoms with E-state index in [1.165, 1.54) is 0 Å². The van der Waals surface area contributed by atoms with E-state index >= 15 is 0 Å². The van der Waals surface area contributed by atoms with Crippen LogP contribution in [0, 0.1) is 0 Å². The monoisotopic (exact) mass is 302 g/mol. The van der Waals surface area contributed by atoms with Gasteiger partial charge in [-0.05, 0) is 24.6 Å². The molecule has 2 atom stereocenters. The number of nitrogens with zero attached hydrogens (tertiary/aromatic N) is 1. The predicted octanol–water partition coefficient (Wildman–Crippen LogP) is 3.10. The Morgan fingerprint density at radius 3 is 3.00 bits per heavy atom. The Hall–Kier alpha value is -0.320. The highest BCUT2D eigenvalue weighted by molar-refractivity contribution is 6.42. The number of ether oxygens (including phenoxy) is 1. The molecule has 1 aliphatic rings. The first-order chi connectivity index (χ1) is 9.13. The van der Waals surface area contributed by atoms with E-state index < -0.39 is 0 Å². The molecule has 2 unspecified atom stereocenters. The normalized spacial score (nSPS) is 22.4. The average Bonchev–Trinajstić information content (AvgIpc) is 2.42. The summed E-state index contributed by atoms with van der Waals surface area (Å²) in [5, 5.41) is 1.07. The van der Waals surface area contributed by atoms with Crippen LogP contribution in [0.25, 0.3) is 0 Å². The van der Waals surface area contributed by atoms with Gasteiger partial charge in [-0.2, -0.15) is 0 Å². The molecule has 1 aromatic rings. The fourth-order valence-corrected chi connectivity index (χ4v) is 2.88. The second-order valence-electron chi connectivity index (χ2n) is 4.88. The van der Waals surface area contributed by atoms with E-state index in [4.69, 9.17) is 33.7 Å². The molecule has 1 aliphatic heterocycles. The van der Waals surface area contributed by atoms with Crippen molar-refractivity contribution < 1.29 is 4.74 Å². The van der Waals surface area contributed by atoms with Crippen molar-refractivity contribution in [2.45, 2.75) is 25.5 Å². The first-order valence-corrected chi connectivity index (χ1v) is 7.42. The lowest BCUT2D eigenvalue weighted by Gasteiger charge is -2.36. The van der Waals surface area contributed by atoms with E-state index in [0.29, 0.717) is 10.0 Å². The molecule has 1 aromatic carbocycles. The molecule has 2 rings (SSSR count). The van der Waals surface area contributed by atoms with Crippen LogP contribution in [0.3, 0.4) is 0 Å². The number of morpholine rings is 1. The molecular weight excluding hydrogens is 283 g/mol. The largest absolute Gasteiger partial charge is 0.374 e. The van der Waals surface area contributed by atoms with Crippen LogP contribution in [0.4, 0.5) is 0 Å². The molecule has 1 fully saturated rings. The fraction of sp³-hybridized carbons (Fsp3) is 0.571. The standard InChI is InChI=1S/C14H20Cl2N2O/c1-2-6-18-7-8-19-12(9-18)14(17)10-4-3-5-11(15)13(10)16/h3-5,12,14H,2,6-9,17H2,1H3. The number of halogens is 2. The van der Waals surface area contributed by atoms with E-state index in [-0.39, 0.29) is 12.1 Å². The molecule has 0 amide bonds. The maximum atomic E-state index is 6.30. The van der Waals surface area contributed by atoms with Crippen molar-refractivity contribution in [3.05, 3.63) is 33.8 Å². The van der Waals surface area contributed by atoms with Crippen LogP contribution in [-0.2, 0) is 4.74 Å². The zero-order valence-electron chi connectivity index (χ0n) is 11.1. The second kappa shape index (κ2) is 6.91. The van der Waals surface area contributed by atoms with E-state index in [0.717, 1.165) is 38.2 Å². The van der Waals surface area contributed by atoms with Crippen LogP contribution >= 0.6 is 23.2 Å². The van der Waals surface area contributed by atoms with E-state index in [1.54, 1.807) is 6.07 Å². The third-order valence-electron chi connectivity index (χ3n) is 3.46. The average molecular weight is 303 g/mol. The third kappa shape index (κ3) is 3.61. The van der Waals surface area contributed by atoms with Gasteiger partial charge in [-0.1, -0.05) is 42.3 Å². The van der Waals surface area contributed by atoms with Crippen molar-refractivity contribution >= 4 is 23.2 Å². The maximum Gasteiger partial charge on any atom is 0.0895 e. The number of rotatable bonds is 4. The Morgan fingerprint density at radius 2 is 2.26 bits per heavy atom. The molecule has 0 aromatic heterocycles. The summed E-state index contributed by atoms with van der Waals surface area (Å²) in [5.74, 6) is 0. The molecule has 0 aliphatic carbocycles. The molecule has 2 N–H and O–H groups in total. The molecule has 0 spiro atoms. The van der Waals surface area contributed by atoms with Gasteiger partial charge in [0.25, 0.3) is 0 Å². The van der Waals surface area contributed by atoms with Crippen molar-refractivity contribution in [2.24, 2.45) is 5.73 Å². The molecule has 0 bridgehead atoms. The van der Waals surface area contributed by atoms with Crippen LogP contribution in [0.5, 0.6) is 0 Å². The van der Waals surface area contributed by atoms with Crippen LogP contribution in [0.1, 0.15) is 24.9 Å². The van der Waals surface area contributed by atoms with Gasteiger partial charge < -0.3 is 10.5 Å². The van der Waals surface area contributed by atoms with Crippen molar-refractivity contribution in [3.63, 3.8) is 0 Å². The van der Waals surface area contributed by atoms with Crippen molar-refractivity contribution in [1.29, 1.82) is 0 Å². The quantitative estimate of drug-likeness (QED) is 0.929. The number of nitrogens with two attached hydrogens (primary N) is 1. The van der Waals surface area contributed by atoms with Gasteiger partial charge in [-0.25, -0.2) is 0 Å². The molecule has 19 heavy (non-hydrogen) atoms. The number of benzene rings is 1. The smallest absolute Gasteiger partial charge is 0.0895 e. The van der Waals surface area contributed by atoms with Crippen LogP contribution in [-0.4, -0.2) is 37.2 Å². The summed E-state index contributed by atoms with van der Waals surface area (Å²) in [6, 6.07) is 5.31. The minimum absolute atomic E-state index is 0.0312. The second-order valence-corrected chi connectivity index (χ2v) is 5.66. The lowest BCUT2D eigenvalue weighted by Crippen LogP contribution is -2.47. The summed E-state index contributed by atoms with van der Waals surface area (Å²) in [4.78, 5) is 2.38. The molecule has 3 nitrogen and oxygen atoms in total. The topological polar surface area (TPSA) is 38.5 Å². The zero-order valence-corrected chi connectivity index (χ0v) is 12.6. The van der Waals surface area contributed by atoms with Gasteiger partial charge in [0.1, 0.15) is 0 Å². The van der Waals surface area contributed by atoms with Gasteiger partial charge in [0.2, 0.25) is 0 Å². The van der Waals surface area contributed by atoms with E-state index in [9.17, 15) is 0 Å². The summed E-state index contributed by atoms with van der Waals surface area (Å²) < 4.78 is 5.80. The summed E-state index contributed by atoms with van der Waals surface area (Å²) in [6.07, 6.45) is 1.11. The predicted molar refractivity (Wildman–Crippen MR) is 79.9 cm³/mol. The van der Waals surface area contributed by atoms with Gasteiger partial charge in [0.15, 0.2) is 0 Å². The summed E-state index contributed by atoms with van der Waals surface area (Å²) in [7, 11) is 0. The first-order valence-electron chi connectivity index (χ1n) is 6.67. The third-order valence-corrected chi connectivity index (χ3v) is 4.29. The molecule has 0 saturated carbocycles. The van der Waals surface area contributed by atoms with E-state index in [1.807, 2.05) is 12.1 Å². The highest BCUT2D eigenvalue weighted by Gasteiger charge is 2.28. The van der Waals surface area contributed by atoms with Gasteiger partial charge in [0, 0.05) is 13.1 Å². The van der Waals surface area contributed by atoms with Gasteiger partial charge in [-0.15, -0.1) is 0 Å². The molecule has 1 heterocycles. The number of hydrogen-bond acceptors (Lipinski definition) is 3. The van der Waals surface area contributed by atoms with Gasteiger partial charge in [0.05, 0.1) is 28.8 Å². The lowest BCUT2D eigenvalue weighted by molar-refractivity contribution is -0.0407. The number of hydrogen-bond donors (Lipinski definition) is 1. The van der Waals surface area contributed by atoms with Crippen molar-refractivity contribution in [1.82, 2.24) is 4.90 Å². The Bertz CT molecular complexity index is 426. The molecule has 106 valence electrons. The molecular formula is C14H20Cl2N2O. The zero-order chi connectivity index (χ0) is 13.8. The van der Waals surface area contributed by atoms with E-state index in [2.05, 4.69) is 11.8 Å². The van der Waals surface area contributed by atoms with Gasteiger partial charge >= 0.3 is 0 Å². The minimum atomic E-state index is -0.245. The van der Waals surface area contributed by atoms with Crippen LogP contribution in [0.15, 0.2) is 18.2 Å². The lowest BCUT2D eigenvalue weighted by atomic mass is 10.0. The van der Waals surface area contributed by atoms with Crippen LogP contribution in [0.2, 0.25) is 10.0 Å². The SMILES string of the molecule is CCCN1CCOC(C(N)c2cccc(Cl)c2Cl)C1. The Labute approximate surface area is 124 Å². The molecule has 0 radical (unpaired) electrons. The first kappa shape index (κ1) is 15.1. The Kier molecular flexibility index (Phi) is 5.48. The Balaban J connectivity index is 2.10. The highest BCUT2D eigenvalue weighted by atomic mass is 35.5. The highest BCUT2D eigenvalue weighted by Crippen LogP contribution is 2.31. The summed E-state index contributed by atoms with van der Waals surface area (Å²) >= 11 is 12.3. The minimum Gasteiger partial charge on any atom is -0.374 e. The molecule has 5 heteroatoms. The Morgan fingerprint density at radius 1 is 1.47 bits per heavy atom. The summed E-state index contributed by atoms with van der Waals surface area (Å²) in [6.45, 7) is 5.79. The molecule has 1 saturated heterocycles.